The van der Waals surface area contributed by atoms with Crippen molar-refractivity contribution < 1.29 is 4.39 Å². The molecule has 0 aliphatic rings. The molecule has 3 heteroatoms. The van der Waals surface area contributed by atoms with Gasteiger partial charge in [0.25, 0.3) is 0 Å². The summed E-state index contributed by atoms with van der Waals surface area (Å²) in [5.74, 6) is -0.186. The second-order valence-corrected chi connectivity index (χ2v) is 5.06. The van der Waals surface area contributed by atoms with Crippen molar-refractivity contribution in [3.05, 3.63) is 30.1 Å². The SMILES string of the molecule is Fc1ccc[c]([Sn][Cl])c1. The van der Waals surface area contributed by atoms with Crippen LogP contribution in [0.4, 0.5) is 4.39 Å². The summed E-state index contributed by atoms with van der Waals surface area (Å²) in [6.07, 6.45) is 0. The summed E-state index contributed by atoms with van der Waals surface area (Å²) < 4.78 is 13.3. The van der Waals surface area contributed by atoms with Gasteiger partial charge in [-0.25, -0.2) is 0 Å². The standard InChI is InChI=1S/C6H4F.ClH.Sn/c7-6-4-2-1-3-5-6;;/h1-2,4-5H;1H;/q;;+1/p-1. The van der Waals surface area contributed by atoms with Crippen molar-refractivity contribution in [1.82, 2.24) is 0 Å². The molecule has 0 saturated heterocycles. The molecule has 1 aromatic carbocycles. The van der Waals surface area contributed by atoms with Crippen LogP contribution in [0.5, 0.6) is 0 Å². The maximum absolute atomic E-state index is 12.3. The Hall–Kier alpha value is 0.239. The molecular formula is C6H4ClFSn. The summed E-state index contributed by atoms with van der Waals surface area (Å²) in [4.78, 5) is 0. The van der Waals surface area contributed by atoms with Gasteiger partial charge >= 0.3 is 67.0 Å². The van der Waals surface area contributed by atoms with Gasteiger partial charge in [-0.15, -0.1) is 0 Å². The summed E-state index contributed by atoms with van der Waals surface area (Å²) in [6, 6.07) is 6.48. The van der Waals surface area contributed by atoms with Gasteiger partial charge in [0.05, 0.1) is 0 Å². The zero-order valence-electron chi connectivity index (χ0n) is 4.57. The van der Waals surface area contributed by atoms with Gasteiger partial charge in [-0.1, -0.05) is 0 Å². The van der Waals surface area contributed by atoms with E-state index in [0.29, 0.717) is 0 Å². The van der Waals surface area contributed by atoms with Crippen molar-refractivity contribution in [2.24, 2.45) is 0 Å². The topological polar surface area (TPSA) is 0 Å². The summed E-state index contributed by atoms with van der Waals surface area (Å²) in [6.45, 7) is 0. The molecule has 1 aromatic rings. The molecule has 0 spiro atoms. The van der Waals surface area contributed by atoms with Crippen LogP contribution in [0.25, 0.3) is 0 Å². The Morgan fingerprint density at radius 2 is 2.22 bits per heavy atom. The third kappa shape index (κ3) is 2.14. The average Bonchev–Trinajstić information content (AvgIpc) is 1.88. The Bertz CT molecular complexity index is 202. The van der Waals surface area contributed by atoms with Gasteiger partial charge in [0.1, 0.15) is 0 Å². The van der Waals surface area contributed by atoms with Gasteiger partial charge in [0.15, 0.2) is 0 Å². The van der Waals surface area contributed by atoms with Gasteiger partial charge in [-0.05, 0) is 0 Å². The predicted molar refractivity (Wildman–Crippen MR) is 37.6 cm³/mol. The summed E-state index contributed by atoms with van der Waals surface area (Å²) in [5.41, 5.74) is 0. The van der Waals surface area contributed by atoms with Crippen molar-refractivity contribution in [3.63, 3.8) is 0 Å². The molecule has 0 heterocycles. The molecule has 2 radical (unpaired) electrons. The molecule has 1 rings (SSSR count). The zero-order chi connectivity index (χ0) is 6.69. The third-order valence-electron chi connectivity index (χ3n) is 0.934. The molecule has 0 fully saturated rings. The van der Waals surface area contributed by atoms with Crippen LogP contribution in [0, 0.1) is 5.82 Å². The number of rotatable bonds is 1. The van der Waals surface area contributed by atoms with E-state index in [2.05, 4.69) is 0 Å². The van der Waals surface area contributed by atoms with E-state index >= 15 is 0 Å². The second kappa shape index (κ2) is 3.42. The fraction of sp³-hybridized carbons (Fsp3) is 0. The first-order valence-corrected chi connectivity index (χ1v) is 7.49. The molecule has 46 valence electrons. The number of hydrogen-bond donors (Lipinski definition) is 0. The van der Waals surface area contributed by atoms with Gasteiger partial charge in [-0.2, -0.15) is 0 Å². The fourth-order valence-electron chi connectivity index (χ4n) is 0.547. The summed E-state index contributed by atoms with van der Waals surface area (Å²) >= 11 is -0.938. The molecule has 0 saturated carbocycles. The van der Waals surface area contributed by atoms with E-state index in [1.54, 1.807) is 6.07 Å². The molecule has 0 atom stereocenters. The van der Waals surface area contributed by atoms with Crippen LogP contribution in [0.15, 0.2) is 24.3 Å². The molecule has 0 aliphatic heterocycles. The van der Waals surface area contributed by atoms with E-state index in [-0.39, 0.29) is 5.82 Å². The van der Waals surface area contributed by atoms with Crippen LogP contribution in [-0.2, 0) is 0 Å². The first-order chi connectivity index (χ1) is 4.33. The van der Waals surface area contributed by atoms with Crippen LogP contribution >= 0.6 is 8.92 Å². The van der Waals surface area contributed by atoms with Crippen molar-refractivity contribution >= 4 is 32.5 Å². The number of halogens is 2. The van der Waals surface area contributed by atoms with Crippen LogP contribution in [-0.4, -0.2) is 20.0 Å². The predicted octanol–water partition coefficient (Wildman–Crippen LogP) is 1.31. The fourth-order valence-corrected chi connectivity index (χ4v) is 2.34. The van der Waals surface area contributed by atoms with E-state index in [9.17, 15) is 4.39 Å². The zero-order valence-corrected chi connectivity index (χ0v) is 8.18. The molecule has 0 N–H and O–H groups in total. The Kier molecular flexibility index (Phi) is 2.79. The van der Waals surface area contributed by atoms with Crippen molar-refractivity contribution in [2.75, 3.05) is 0 Å². The second-order valence-electron chi connectivity index (χ2n) is 1.60. The van der Waals surface area contributed by atoms with Gasteiger partial charge in [0, 0.05) is 0 Å². The molecule has 0 unspecified atom stereocenters. The average molecular weight is 249 g/mol. The van der Waals surface area contributed by atoms with Crippen LogP contribution in [0.3, 0.4) is 0 Å². The minimum absolute atomic E-state index is 0.186. The molecule has 0 aliphatic carbocycles. The van der Waals surface area contributed by atoms with E-state index < -0.39 is 20.0 Å². The van der Waals surface area contributed by atoms with Crippen molar-refractivity contribution in [1.29, 1.82) is 0 Å². The molecule has 9 heavy (non-hydrogen) atoms. The monoisotopic (exact) mass is 250 g/mol. The third-order valence-corrected chi connectivity index (χ3v) is 3.91. The Labute approximate surface area is 67.0 Å². The van der Waals surface area contributed by atoms with E-state index in [0.717, 1.165) is 3.58 Å². The Morgan fingerprint density at radius 1 is 1.44 bits per heavy atom. The first-order valence-electron chi connectivity index (χ1n) is 2.45. The number of hydrogen-bond acceptors (Lipinski definition) is 0. The maximum atomic E-state index is 12.3. The molecule has 0 nitrogen and oxygen atoms in total. The van der Waals surface area contributed by atoms with Gasteiger partial charge in [-0.3, -0.25) is 0 Å². The van der Waals surface area contributed by atoms with Gasteiger partial charge < -0.3 is 0 Å². The number of benzene rings is 1. The molecule has 0 bridgehead atoms. The Morgan fingerprint density at radius 3 is 2.67 bits per heavy atom. The van der Waals surface area contributed by atoms with E-state index in [1.165, 1.54) is 12.1 Å². The minimum atomic E-state index is -0.938. The molecule has 0 aromatic heterocycles. The van der Waals surface area contributed by atoms with Crippen LogP contribution in [0.2, 0.25) is 0 Å². The molecule has 0 amide bonds. The quantitative estimate of drug-likeness (QED) is 0.658. The normalized spacial score (nSPS) is 9.56. The van der Waals surface area contributed by atoms with Crippen molar-refractivity contribution in [2.45, 2.75) is 0 Å². The van der Waals surface area contributed by atoms with Gasteiger partial charge in [0.2, 0.25) is 0 Å². The summed E-state index contributed by atoms with van der Waals surface area (Å²) in [7, 11) is 5.60. The van der Waals surface area contributed by atoms with Crippen LogP contribution < -0.4 is 3.58 Å². The first kappa shape index (κ1) is 7.35. The molecular weight excluding hydrogens is 245 g/mol. The van der Waals surface area contributed by atoms with Crippen molar-refractivity contribution in [3.8, 4) is 0 Å². The van der Waals surface area contributed by atoms with Crippen LogP contribution in [0.1, 0.15) is 0 Å². The van der Waals surface area contributed by atoms with E-state index in [1.807, 2.05) is 6.07 Å². The van der Waals surface area contributed by atoms with E-state index in [4.69, 9.17) is 8.92 Å². The Balaban J connectivity index is 2.94. The summed E-state index contributed by atoms with van der Waals surface area (Å²) in [5, 5.41) is 0.